The van der Waals surface area contributed by atoms with Crippen molar-refractivity contribution < 1.29 is 0 Å². The molecule has 2 aromatic rings. The van der Waals surface area contributed by atoms with Crippen LogP contribution in [-0.4, -0.2) is 4.98 Å². The van der Waals surface area contributed by atoms with Gasteiger partial charge in [-0.25, -0.2) is 4.98 Å². The van der Waals surface area contributed by atoms with Crippen molar-refractivity contribution in [2.75, 3.05) is 5.73 Å². The lowest BCUT2D eigenvalue weighted by molar-refractivity contribution is 0.910. The van der Waals surface area contributed by atoms with Crippen LogP contribution in [0.15, 0.2) is 22.7 Å². The molecule has 0 aliphatic heterocycles. The van der Waals surface area contributed by atoms with Gasteiger partial charge < -0.3 is 5.73 Å². The lowest BCUT2D eigenvalue weighted by Crippen LogP contribution is -1.88. The molecular formula is C12H12BrClN2S. The van der Waals surface area contributed by atoms with E-state index in [-0.39, 0.29) is 0 Å². The maximum atomic E-state index is 6.01. The van der Waals surface area contributed by atoms with Gasteiger partial charge in [-0.1, -0.05) is 34.5 Å². The van der Waals surface area contributed by atoms with Gasteiger partial charge in [-0.15, -0.1) is 11.3 Å². The SMILES string of the molecule is CCCc1nc(-c2cc(Cl)ccc2Br)c(N)s1. The Balaban J connectivity index is 2.48. The second-order valence-corrected chi connectivity index (χ2v) is 6.10. The Bertz CT molecular complexity index is 539. The first kappa shape index (κ1) is 12.9. The highest BCUT2D eigenvalue weighted by Gasteiger charge is 2.13. The summed E-state index contributed by atoms with van der Waals surface area (Å²) in [4.78, 5) is 4.58. The number of halogens is 2. The fraction of sp³-hybridized carbons (Fsp3) is 0.250. The van der Waals surface area contributed by atoms with Crippen LogP contribution in [0.1, 0.15) is 18.4 Å². The molecule has 0 bridgehead atoms. The summed E-state index contributed by atoms with van der Waals surface area (Å²) in [5.74, 6) is 0. The van der Waals surface area contributed by atoms with Crippen molar-refractivity contribution in [3.05, 3.63) is 32.7 Å². The highest BCUT2D eigenvalue weighted by atomic mass is 79.9. The third-order valence-corrected chi connectivity index (χ3v) is 4.22. The molecule has 2 N–H and O–H groups in total. The maximum absolute atomic E-state index is 6.01. The van der Waals surface area contributed by atoms with E-state index in [0.717, 1.165) is 38.6 Å². The molecule has 17 heavy (non-hydrogen) atoms. The molecule has 0 radical (unpaired) electrons. The summed E-state index contributed by atoms with van der Waals surface area (Å²) in [6.45, 7) is 2.13. The molecular weight excluding hydrogens is 320 g/mol. The molecule has 0 saturated carbocycles. The van der Waals surface area contributed by atoms with Crippen molar-refractivity contribution in [2.24, 2.45) is 0 Å². The highest BCUT2D eigenvalue weighted by molar-refractivity contribution is 9.10. The van der Waals surface area contributed by atoms with Gasteiger partial charge in [0.15, 0.2) is 0 Å². The fourth-order valence-corrected chi connectivity index (χ4v) is 3.13. The molecule has 5 heteroatoms. The predicted molar refractivity (Wildman–Crippen MR) is 78.7 cm³/mol. The first-order chi connectivity index (χ1) is 8.11. The molecule has 0 amide bonds. The highest BCUT2D eigenvalue weighted by Crippen LogP contribution is 2.36. The summed E-state index contributed by atoms with van der Waals surface area (Å²) in [5.41, 5.74) is 7.79. The van der Waals surface area contributed by atoms with Gasteiger partial charge in [0, 0.05) is 15.1 Å². The molecule has 1 aromatic heterocycles. The Morgan fingerprint density at radius 2 is 2.24 bits per heavy atom. The summed E-state index contributed by atoms with van der Waals surface area (Å²) in [5, 5.41) is 2.51. The monoisotopic (exact) mass is 330 g/mol. The van der Waals surface area contributed by atoms with Gasteiger partial charge in [-0.2, -0.15) is 0 Å². The summed E-state index contributed by atoms with van der Waals surface area (Å²) >= 11 is 11.1. The zero-order valence-corrected chi connectivity index (χ0v) is 12.5. The van der Waals surface area contributed by atoms with Crippen LogP contribution >= 0.6 is 38.9 Å². The van der Waals surface area contributed by atoms with Crippen LogP contribution in [0, 0.1) is 0 Å². The number of aromatic nitrogens is 1. The van der Waals surface area contributed by atoms with Crippen LogP contribution in [0.2, 0.25) is 5.02 Å². The molecule has 2 nitrogen and oxygen atoms in total. The van der Waals surface area contributed by atoms with E-state index in [1.54, 1.807) is 11.3 Å². The predicted octanol–water partition coefficient (Wildman–Crippen LogP) is 4.76. The maximum Gasteiger partial charge on any atom is 0.114 e. The first-order valence-electron chi connectivity index (χ1n) is 5.32. The second-order valence-electron chi connectivity index (χ2n) is 3.69. The number of nitrogens with two attached hydrogens (primary N) is 1. The van der Waals surface area contributed by atoms with Gasteiger partial charge in [0.1, 0.15) is 10.7 Å². The fourth-order valence-electron chi connectivity index (χ4n) is 1.57. The number of aryl methyl sites for hydroxylation is 1. The van der Waals surface area contributed by atoms with Crippen molar-refractivity contribution in [3.8, 4) is 11.3 Å². The number of hydrogen-bond acceptors (Lipinski definition) is 3. The van der Waals surface area contributed by atoms with E-state index in [1.165, 1.54) is 0 Å². The number of rotatable bonds is 3. The molecule has 1 heterocycles. The van der Waals surface area contributed by atoms with Crippen molar-refractivity contribution in [2.45, 2.75) is 19.8 Å². The molecule has 2 rings (SSSR count). The van der Waals surface area contributed by atoms with Crippen LogP contribution in [0.25, 0.3) is 11.3 Å². The Labute approximate surface area is 118 Å². The van der Waals surface area contributed by atoms with Crippen LogP contribution in [0.5, 0.6) is 0 Å². The lowest BCUT2D eigenvalue weighted by atomic mass is 10.1. The Morgan fingerprint density at radius 1 is 1.47 bits per heavy atom. The minimum Gasteiger partial charge on any atom is -0.389 e. The molecule has 0 aliphatic rings. The van der Waals surface area contributed by atoms with Gasteiger partial charge in [-0.3, -0.25) is 0 Å². The average molecular weight is 332 g/mol. The summed E-state index contributed by atoms with van der Waals surface area (Å²) in [7, 11) is 0. The molecule has 0 saturated heterocycles. The Hall–Kier alpha value is -0.580. The number of anilines is 1. The summed E-state index contributed by atoms with van der Waals surface area (Å²) in [6, 6.07) is 5.63. The third-order valence-electron chi connectivity index (χ3n) is 2.35. The van der Waals surface area contributed by atoms with Crippen LogP contribution in [0.3, 0.4) is 0 Å². The normalized spacial score (nSPS) is 10.8. The van der Waals surface area contributed by atoms with Gasteiger partial charge >= 0.3 is 0 Å². The third kappa shape index (κ3) is 2.81. The average Bonchev–Trinajstić information content (AvgIpc) is 2.64. The van der Waals surface area contributed by atoms with Crippen molar-refractivity contribution in [3.63, 3.8) is 0 Å². The van der Waals surface area contributed by atoms with E-state index >= 15 is 0 Å². The molecule has 90 valence electrons. The van der Waals surface area contributed by atoms with Gasteiger partial charge in [-0.05, 0) is 31.0 Å². The van der Waals surface area contributed by atoms with E-state index in [9.17, 15) is 0 Å². The van der Waals surface area contributed by atoms with E-state index in [4.69, 9.17) is 17.3 Å². The minimum atomic E-state index is 0.688. The van der Waals surface area contributed by atoms with Crippen molar-refractivity contribution in [1.29, 1.82) is 0 Å². The zero-order valence-electron chi connectivity index (χ0n) is 9.34. The van der Waals surface area contributed by atoms with E-state index < -0.39 is 0 Å². The molecule has 0 atom stereocenters. The van der Waals surface area contributed by atoms with Crippen molar-refractivity contribution in [1.82, 2.24) is 4.98 Å². The quantitative estimate of drug-likeness (QED) is 0.880. The number of benzene rings is 1. The molecule has 0 aliphatic carbocycles. The first-order valence-corrected chi connectivity index (χ1v) is 7.31. The molecule has 0 unspecified atom stereocenters. The van der Waals surface area contributed by atoms with Gasteiger partial charge in [0.25, 0.3) is 0 Å². The summed E-state index contributed by atoms with van der Waals surface area (Å²) in [6.07, 6.45) is 2.04. The van der Waals surface area contributed by atoms with Gasteiger partial charge in [0.05, 0.1) is 5.01 Å². The van der Waals surface area contributed by atoms with Crippen LogP contribution in [-0.2, 0) is 6.42 Å². The lowest BCUT2D eigenvalue weighted by Gasteiger charge is -2.02. The largest absolute Gasteiger partial charge is 0.389 e. The smallest absolute Gasteiger partial charge is 0.114 e. The second kappa shape index (κ2) is 5.38. The standard InChI is InChI=1S/C12H12BrClN2S/c1-2-3-10-16-11(12(15)17-10)8-6-7(14)4-5-9(8)13/h4-6H,2-3,15H2,1H3. The molecule has 0 fully saturated rings. The van der Waals surface area contributed by atoms with Crippen molar-refractivity contribution >= 4 is 43.9 Å². The molecule has 0 spiro atoms. The van der Waals surface area contributed by atoms with Crippen LogP contribution < -0.4 is 5.73 Å². The minimum absolute atomic E-state index is 0.688. The zero-order chi connectivity index (χ0) is 12.4. The van der Waals surface area contributed by atoms with Crippen LogP contribution in [0.4, 0.5) is 5.00 Å². The Morgan fingerprint density at radius 3 is 2.94 bits per heavy atom. The van der Waals surface area contributed by atoms with E-state index in [1.807, 2.05) is 18.2 Å². The number of thiazole rings is 1. The topological polar surface area (TPSA) is 38.9 Å². The van der Waals surface area contributed by atoms with E-state index in [2.05, 4.69) is 27.8 Å². The molecule has 1 aromatic carbocycles. The summed E-state index contributed by atoms with van der Waals surface area (Å²) < 4.78 is 0.960. The Kier molecular flexibility index (Phi) is 4.07. The number of hydrogen-bond donors (Lipinski definition) is 1. The van der Waals surface area contributed by atoms with E-state index in [0.29, 0.717) is 5.02 Å². The number of nitrogen functional groups attached to an aromatic ring is 1. The van der Waals surface area contributed by atoms with Gasteiger partial charge in [0.2, 0.25) is 0 Å². The number of nitrogens with zero attached hydrogens (tertiary/aromatic N) is 1.